The van der Waals surface area contributed by atoms with Crippen LogP contribution in [0.3, 0.4) is 0 Å². The third-order valence-electron chi connectivity index (χ3n) is 3.39. The SMILES string of the molecule is CN=C(NCc1cccc(F)c1)N(C)Cc1cc(Cl)cn1C. The first-order valence-corrected chi connectivity index (χ1v) is 7.34. The molecule has 4 nitrogen and oxygen atoms in total. The lowest BCUT2D eigenvalue weighted by Gasteiger charge is -2.22. The van der Waals surface area contributed by atoms with Gasteiger partial charge in [0.1, 0.15) is 5.82 Å². The van der Waals surface area contributed by atoms with Gasteiger partial charge in [0.05, 0.1) is 11.6 Å². The van der Waals surface area contributed by atoms with Crippen LogP contribution >= 0.6 is 11.6 Å². The monoisotopic (exact) mass is 322 g/mol. The molecule has 0 saturated carbocycles. The Kier molecular flexibility index (Phi) is 5.44. The second-order valence-electron chi connectivity index (χ2n) is 5.15. The largest absolute Gasteiger partial charge is 0.352 e. The summed E-state index contributed by atoms with van der Waals surface area (Å²) in [5.74, 6) is 0.502. The third kappa shape index (κ3) is 4.24. The molecule has 0 fully saturated rings. The van der Waals surface area contributed by atoms with E-state index in [9.17, 15) is 4.39 Å². The van der Waals surface area contributed by atoms with Crippen molar-refractivity contribution in [3.05, 3.63) is 58.6 Å². The Labute approximate surface area is 135 Å². The normalized spacial score (nSPS) is 11.6. The molecule has 1 heterocycles. The van der Waals surface area contributed by atoms with Crippen LogP contribution in [0.25, 0.3) is 0 Å². The van der Waals surface area contributed by atoms with E-state index in [4.69, 9.17) is 11.6 Å². The van der Waals surface area contributed by atoms with Gasteiger partial charge in [0.2, 0.25) is 0 Å². The second-order valence-corrected chi connectivity index (χ2v) is 5.58. The van der Waals surface area contributed by atoms with Gasteiger partial charge in [0.25, 0.3) is 0 Å². The van der Waals surface area contributed by atoms with Crippen LogP contribution in [0.4, 0.5) is 4.39 Å². The van der Waals surface area contributed by atoms with E-state index in [1.54, 1.807) is 13.1 Å². The molecule has 0 aliphatic carbocycles. The number of hydrogen-bond acceptors (Lipinski definition) is 1. The minimum absolute atomic E-state index is 0.235. The smallest absolute Gasteiger partial charge is 0.194 e. The van der Waals surface area contributed by atoms with E-state index in [0.29, 0.717) is 18.1 Å². The fraction of sp³-hybridized carbons (Fsp3) is 0.312. The number of halogens is 2. The number of aromatic nitrogens is 1. The molecule has 1 N–H and O–H groups in total. The van der Waals surface area contributed by atoms with Gasteiger partial charge in [-0.25, -0.2) is 4.39 Å². The number of hydrogen-bond donors (Lipinski definition) is 1. The Balaban J connectivity index is 1.97. The highest BCUT2D eigenvalue weighted by molar-refractivity contribution is 6.30. The maximum absolute atomic E-state index is 13.2. The summed E-state index contributed by atoms with van der Waals surface area (Å²) in [7, 11) is 5.63. The van der Waals surface area contributed by atoms with Crippen LogP contribution in [0.5, 0.6) is 0 Å². The van der Waals surface area contributed by atoms with Crippen molar-refractivity contribution >= 4 is 17.6 Å². The highest BCUT2D eigenvalue weighted by Gasteiger charge is 2.09. The molecule has 0 spiro atoms. The Morgan fingerprint density at radius 2 is 2.18 bits per heavy atom. The van der Waals surface area contributed by atoms with Gasteiger partial charge in [-0.1, -0.05) is 23.7 Å². The standard InChI is InChI=1S/C16H20ClFN4/c1-19-16(20-9-12-5-4-6-14(18)7-12)22(3)11-15-8-13(17)10-21(15)2/h4-8,10H,9,11H2,1-3H3,(H,19,20). The molecule has 0 bridgehead atoms. The third-order valence-corrected chi connectivity index (χ3v) is 3.59. The molecule has 0 aliphatic rings. The van der Waals surface area contributed by atoms with Crippen molar-refractivity contribution in [2.75, 3.05) is 14.1 Å². The summed E-state index contributed by atoms with van der Waals surface area (Å²) in [4.78, 5) is 6.24. The summed E-state index contributed by atoms with van der Waals surface area (Å²) in [5, 5.41) is 3.94. The second kappa shape index (κ2) is 7.31. The molecular weight excluding hydrogens is 303 g/mol. The van der Waals surface area contributed by atoms with E-state index >= 15 is 0 Å². The molecule has 0 radical (unpaired) electrons. The van der Waals surface area contributed by atoms with Gasteiger partial charge in [-0.05, 0) is 23.8 Å². The summed E-state index contributed by atoms with van der Waals surface area (Å²) >= 11 is 6.00. The lowest BCUT2D eigenvalue weighted by atomic mass is 10.2. The van der Waals surface area contributed by atoms with Crippen LogP contribution in [0.2, 0.25) is 5.02 Å². The van der Waals surface area contributed by atoms with Crippen molar-refractivity contribution in [3.8, 4) is 0 Å². The number of aliphatic imine (C=N–C) groups is 1. The van der Waals surface area contributed by atoms with Crippen molar-refractivity contribution < 1.29 is 4.39 Å². The highest BCUT2D eigenvalue weighted by Crippen LogP contribution is 2.14. The zero-order valence-electron chi connectivity index (χ0n) is 13.0. The van der Waals surface area contributed by atoms with Gasteiger partial charge in [0.15, 0.2) is 5.96 Å². The van der Waals surface area contributed by atoms with Gasteiger partial charge >= 0.3 is 0 Å². The first-order valence-electron chi connectivity index (χ1n) is 6.96. The molecule has 0 amide bonds. The number of guanidine groups is 1. The Morgan fingerprint density at radius 3 is 2.77 bits per heavy atom. The van der Waals surface area contributed by atoms with Crippen LogP contribution < -0.4 is 5.32 Å². The lowest BCUT2D eigenvalue weighted by molar-refractivity contribution is 0.461. The van der Waals surface area contributed by atoms with E-state index in [-0.39, 0.29) is 5.82 Å². The molecule has 6 heteroatoms. The maximum Gasteiger partial charge on any atom is 0.194 e. The topological polar surface area (TPSA) is 32.6 Å². The van der Waals surface area contributed by atoms with E-state index < -0.39 is 0 Å². The molecule has 0 atom stereocenters. The number of rotatable bonds is 4. The van der Waals surface area contributed by atoms with Crippen LogP contribution in [0.1, 0.15) is 11.3 Å². The number of nitrogens with zero attached hydrogens (tertiary/aromatic N) is 3. The predicted octanol–water partition coefficient (Wildman–Crippen LogP) is 3.03. The van der Waals surface area contributed by atoms with Crippen molar-refractivity contribution in [3.63, 3.8) is 0 Å². The lowest BCUT2D eigenvalue weighted by Crippen LogP contribution is -2.38. The zero-order chi connectivity index (χ0) is 16.1. The molecule has 1 aromatic heterocycles. The van der Waals surface area contributed by atoms with Crippen molar-refractivity contribution in [2.45, 2.75) is 13.1 Å². The minimum Gasteiger partial charge on any atom is -0.352 e. The Morgan fingerprint density at radius 1 is 1.41 bits per heavy atom. The Bertz CT molecular complexity index is 666. The van der Waals surface area contributed by atoms with Crippen molar-refractivity contribution in [1.29, 1.82) is 0 Å². The first kappa shape index (κ1) is 16.4. The quantitative estimate of drug-likeness (QED) is 0.693. The maximum atomic E-state index is 13.2. The summed E-state index contributed by atoms with van der Waals surface area (Å²) < 4.78 is 15.2. The minimum atomic E-state index is -0.235. The summed E-state index contributed by atoms with van der Waals surface area (Å²) in [5.41, 5.74) is 1.96. The van der Waals surface area contributed by atoms with Crippen molar-refractivity contribution in [2.24, 2.45) is 12.0 Å². The van der Waals surface area contributed by atoms with E-state index in [0.717, 1.165) is 17.2 Å². The number of benzene rings is 1. The van der Waals surface area contributed by atoms with Crippen LogP contribution in [-0.2, 0) is 20.1 Å². The van der Waals surface area contributed by atoms with Crippen molar-refractivity contribution in [1.82, 2.24) is 14.8 Å². The highest BCUT2D eigenvalue weighted by atomic mass is 35.5. The molecule has 0 unspecified atom stereocenters. The van der Waals surface area contributed by atoms with E-state index in [1.165, 1.54) is 12.1 Å². The molecule has 118 valence electrons. The van der Waals surface area contributed by atoms with Crippen LogP contribution in [0, 0.1) is 5.82 Å². The fourth-order valence-electron chi connectivity index (χ4n) is 2.25. The molecule has 2 aromatic rings. The number of aryl methyl sites for hydroxylation is 1. The Hall–Kier alpha value is -2.01. The average molecular weight is 323 g/mol. The molecule has 1 aromatic carbocycles. The van der Waals surface area contributed by atoms with E-state index in [2.05, 4.69) is 10.3 Å². The average Bonchev–Trinajstić information content (AvgIpc) is 2.77. The fourth-order valence-corrected chi connectivity index (χ4v) is 2.53. The van der Waals surface area contributed by atoms with Gasteiger partial charge < -0.3 is 14.8 Å². The first-order chi connectivity index (χ1) is 10.5. The van der Waals surface area contributed by atoms with Gasteiger partial charge in [-0.15, -0.1) is 0 Å². The molecule has 22 heavy (non-hydrogen) atoms. The summed E-state index contributed by atoms with van der Waals surface area (Å²) in [6.45, 7) is 1.19. The van der Waals surface area contributed by atoms with Gasteiger partial charge in [0, 0.05) is 39.6 Å². The zero-order valence-corrected chi connectivity index (χ0v) is 13.7. The summed E-state index contributed by atoms with van der Waals surface area (Å²) in [6, 6.07) is 8.45. The molecule has 0 aliphatic heterocycles. The molecular formula is C16H20ClFN4. The van der Waals surface area contributed by atoms with Crippen LogP contribution in [-0.4, -0.2) is 29.5 Å². The summed E-state index contributed by atoms with van der Waals surface area (Å²) in [6.07, 6.45) is 1.87. The van der Waals surface area contributed by atoms with Gasteiger partial charge in [-0.2, -0.15) is 0 Å². The predicted molar refractivity (Wildman–Crippen MR) is 88.5 cm³/mol. The van der Waals surface area contributed by atoms with Crippen LogP contribution in [0.15, 0.2) is 41.5 Å². The van der Waals surface area contributed by atoms with E-state index in [1.807, 2.05) is 41.9 Å². The molecule has 2 rings (SSSR count). The number of nitrogens with one attached hydrogen (secondary N) is 1. The van der Waals surface area contributed by atoms with Gasteiger partial charge in [-0.3, -0.25) is 4.99 Å². The molecule has 0 saturated heterocycles.